The Morgan fingerprint density at radius 2 is 1.80 bits per heavy atom. The molecule has 3 heteroatoms. The first kappa shape index (κ1) is 17.3. The van der Waals surface area contributed by atoms with Gasteiger partial charge >= 0.3 is 0 Å². The zero-order chi connectivity index (χ0) is 15.3. The Hall–Kier alpha value is -0.800. The van der Waals surface area contributed by atoms with Gasteiger partial charge in [0.15, 0.2) is 0 Å². The highest BCUT2D eigenvalue weighted by Crippen LogP contribution is 2.19. The second kappa shape index (κ2) is 7.84. The van der Waals surface area contributed by atoms with Crippen LogP contribution in [0.1, 0.15) is 58.6 Å². The summed E-state index contributed by atoms with van der Waals surface area (Å²) in [7, 11) is 0. The van der Waals surface area contributed by atoms with Gasteiger partial charge in [-0.3, -0.25) is 4.90 Å². The summed E-state index contributed by atoms with van der Waals surface area (Å²) >= 11 is 0. The summed E-state index contributed by atoms with van der Waals surface area (Å²) in [6, 6.07) is 3.25. The number of aryl methyl sites for hydroxylation is 1. The second-order valence-electron chi connectivity index (χ2n) is 6.75. The van der Waals surface area contributed by atoms with Crippen LogP contribution in [-0.4, -0.2) is 23.5 Å². The van der Waals surface area contributed by atoms with Crippen molar-refractivity contribution >= 4 is 0 Å². The molecular formula is C17H32N2O. The number of hydrogen-bond donors (Lipinski definition) is 1. The quantitative estimate of drug-likeness (QED) is 0.781. The number of hydrogen-bond acceptors (Lipinski definition) is 3. The summed E-state index contributed by atoms with van der Waals surface area (Å²) in [6.07, 6.45) is 0. The van der Waals surface area contributed by atoms with Gasteiger partial charge in [-0.15, -0.1) is 0 Å². The van der Waals surface area contributed by atoms with Crippen molar-refractivity contribution in [3.05, 3.63) is 23.2 Å². The molecule has 0 radical (unpaired) electrons. The van der Waals surface area contributed by atoms with E-state index in [9.17, 15) is 0 Å². The lowest BCUT2D eigenvalue weighted by Gasteiger charge is -2.27. The summed E-state index contributed by atoms with van der Waals surface area (Å²) < 4.78 is 5.86. The van der Waals surface area contributed by atoms with Crippen molar-refractivity contribution in [2.75, 3.05) is 6.54 Å². The number of nitrogens with zero attached hydrogens (tertiary/aromatic N) is 1. The number of rotatable bonds is 8. The second-order valence-corrected chi connectivity index (χ2v) is 6.75. The molecule has 1 aromatic rings. The first-order valence-corrected chi connectivity index (χ1v) is 7.85. The van der Waals surface area contributed by atoms with E-state index >= 15 is 0 Å². The normalized spacial score (nSPS) is 12.3. The molecule has 0 bridgehead atoms. The zero-order valence-corrected chi connectivity index (χ0v) is 14.3. The minimum atomic E-state index is 0.483. The molecule has 1 heterocycles. The molecule has 116 valence electrons. The van der Waals surface area contributed by atoms with Gasteiger partial charge < -0.3 is 9.73 Å². The van der Waals surface area contributed by atoms with Gasteiger partial charge in [0.05, 0.1) is 6.54 Å². The van der Waals surface area contributed by atoms with Crippen LogP contribution in [0.3, 0.4) is 0 Å². The molecule has 1 N–H and O–H groups in total. The zero-order valence-electron chi connectivity index (χ0n) is 14.3. The van der Waals surface area contributed by atoms with E-state index in [1.165, 1.54) is 5.56 Å². The lowest BCUT2D eigenvalue weighted by molar-refractivity contribution is 0.188. The fourth-order valence-corrected chi connectivity index (χ4v) is 2.28. The van der Waals surface area contributed by atoms with Crippen LogP contribution in [0.15, 0.2) is 10.5 Å². The Balaban J connectivity index is 2.70. The van der Waals surface area contributed by atoms with Gasteiger partial charge in [0.2, 0.25) is 0 Å². The standard InChI is InChI=1S/C17H32N2O/c1-12(2)10-19(14(5)6)11-16-8-17(20-15(16)7)9-18-13(3)4/h8,12-14,18H,9-11H2,1-7H3. The highest BCUT2D eigenvalue weighted by Gasteiger charge is 2.15. The molecule has 0 aromatic carbocycles. The number of furan rings is 1. The first-order valence-electron chi connectivity index (χ1n) is 7.85. The SMILES string of the molecule is Cc1oc(CNC(C)C)cc1CN(CC(C)C)C(C)C. The van der Waals surface area contributed by atoms with Crippen molar-refractivity contribution < 1.29 is 4.42 Å². The van der Waals surface area contributed by atoms with Crippen molar-refractivity contribution in [2.45, 2.75) is 73.6 Å². The van der Waals surface area contributed by atoms with E-state index in [2.05, 4.69) is 64.7 Å². The van der Waals surface area contributed by atoms with Gasteiger partial charge in [-0.05, 0) is 32.8 Å². The average molecular weight is 280 g/mol. The van der Waals surface area contributed by atoms with E-state index in [0.29, 0.717) is 18.0 Å². The third kappa shape index (κ3) is 5.68. The fourth-order valence-electron chi connectivity index (χ4n) is 2.28. The Morgan fingerprint density at radius 3 is 2.30 bits per heavy atom. The molecule has 1 aromatic heterocycles. The van der Waals surface area contributed by atoms with E-state index in [-0.39, 0.29) is 0 Å². The molecule has 0 aliphatic carbocycles. The number of nitrogens with one attached hydrogen (secondary N) is 1. The molecule has 0 spiro atoms. The summed E-state index contributed by atoms with van der Waals surface area (Å²) in [5.41, 5.74) is 1.32. The van der Waals surface area contributed by atoms with Gasteiger partial charge in [-0.25, -0.2) is 0 Å². The molecule has 0 unspecified atom stereocenters. The summed E-state index contributed by atoms with van der Waals surface area (Å²) in [5.74, 6) is 2.78. The minimum Gasteiger partial charge on any atom is -0.465 e. The lowest BCUT2D eigenvalue weighted by Crippen LogP contribution is -2.33. The molecule has 20 heavy (non-hydrogen) atoms. The molecule has 0 saturated heterocycles. The van der Waals surface area contributed by atoms with Gasteiger partial charge in [-0.1, -0.05) is 27.7 Å². The van der Waals surface area contributed by atoms with Crippen molar-refractivity contribution in [3.8, 4) is 0 Å². The summed E-state index contributed by atoms with van der Waals surface area (Å²) in [5, 5.41) is 3.40. The third-order valence-corrected chi connectivity index (χ3v) is 3.46. The Bertz CT molecular complexity index is 394. The van der Waals surface area contributed by atoms with Crippen LogP contribution in [0.5, 0.6) is 0 Å². The molecule has 0 aliphatic heterocycles. The lowest BCUT2D eigenvalue weighted by atomic mass is 10.1. The van der Waals surface area contributed by atoms with E-state index in [1.807, 2.05) is 0 Å². The molecule has 0 amide bonds. The van der Waals surface area contributed by atoms with Crippen LogP contribution in [0.4, 0.5) is 0 Å². The highest BCUT2D eigenvalue weighted by atomic mass is 16.3. The van der Waals surface area contributed by atoms with Crippen molar-refractivity contribution in [1.82, 2.24) is 10.2 Å². The topological polar surface area (TPSA) is 28.4 Å². The predicted molar refractivity (Wildman–Crippen MR) is 85.8 cm³/mol. The molecule has 1 rings (SSSR count). The fraction of sp³-hybridized carbons (Fsp3) is 0.765. The van der Waals surface area contributed by atoms with Crippen LogP contribution in [-0.2, 0) is 13.1 Å². The summed E-state index contributed by atoms with van der Waals surface area (Å²) in [6.45, 7) is 18.4. The molecule has 0 atom stereocenters. The van der Waals surface area contributed by atoms with Crippen LogP contribution < -0.4 is 5.32 Å². The molecule has 0 fully saturated rings. The average Bonchev–Trinajstić information content (AvgIpc) is 2.66. The molecular weight excluding hydrogens is 248 g/mol. The highest BCUT2D eigenvalue weighted by molar-refractivity contribution is 5.21. The maximum absolute atomic E-state index is 5.86. The van der Waals surface area contributed by atoms with Crippen LogP contribution in [0.2, 0.25) is 0 Å². The van der Waals surface area contributed by atoms with Crippen molar-refractivity contribution in [1.29, 1.82) is 0 Å². The van der Waals surface area contributed by atoms with Crippen LogP contribution in [0, 0.1) is 12.8 Å². The van der Waals surface area contributed by atoms with Gasteiger partial charge in [0.25, 0.3) is 0 Å². The van der Waals surface area contributed by atoms with E-state index in [0.717, 1.165) is 31.2 Å². The maximum atomic E-state index is 5.86. The smallest absolute Gasteiger partial charge is 0.118 e. The Morgan fingerprint density at radius 1 is 1.15 bits per heavy atom. The van der Waals surface area contributed by atoms with Gasteiger partial charge in [0.1, 0.15) is 11.5 Å². The van der Waals surface area contributed by atoms with E-state index < -0.39 is 0 Å². The molecule has 3 nitrogen and oxygen atoms in total. The monoisotopic (exact) mass is 280 g/mol. The van der Waals surface area contributed by atoms with Gasteiger partial charge in [-0.2, -0.15) is 0 Å². The van der Waals surface area contributed by atoms with E-state index in [1.54, 1.807) is 0 Å². The largest absolute Gasteiger partial charge is 0.465 e. The van der Waals surface area contributed by atoms with Crippen LogP contribution >= 0.6 is 0 Å². The maximum Gasteiger partial charge on any atom is 0.118 e. The first-order chi connectivity index (χ1) is 9.29. The van der Waals surface area contributed by atoms with Crippen molar-refractivity contribution in [3.63, 3.8) is 0 Å². The Labute approximate surface area is 124 Å². The van der Waals surface area contributed by atoms with E-state index in [4.69, 9.17) is 4.42 Å². The third-order valence-electron chi connectivity index (χ3n) is 3.46. The predicted octanol–water partition coefficient (Wildman–Crippen LogP) is 3.95. The van der Waals surface area contributed by atoms with Crippen LogP contribution in [0.25, 0.3) is 0 Å². The molecule has 0 aliphatic rings. The van der Waals surface area contributed by atoms with Gasteiger partial charge in [0, 0.05) is 30.7 Å². The minimum absolute atomic E-state index is 0.483. The summed E-state index contributed by atoms with van der Waals surface area (Å²) in [4.78, 5) is 2.52. The Kier molecular flexibility index (Phi) is 6.77. The molecule has 0 saturated carbocycles. The van der Waals surface area contributed by atoms with Crippen molar-refractivity contribution in [2.24, 2.45) is 5.92 Å².